The van der Waals surface area contributed by atoms with Crippen molar-refractivity contribution in [3.05, 3.63) is 64.7 Å². The molecule has 0 fully saturated rings. The van der Waals surface area contributed by atoms with Crippen LogP contribution in [0.3, 0.4) is 0 Å². The van der Waals surface area contributed by atoms with Crippen LogP contribution in [0.2, 0.25) is 5.02 Å². The summed E-state index contributed by atoms with van der Waals surface area (Å²) in [5.74, 6) is 0. The molecule has 0 bridgehead atoms. The number of aromatic nitrogens is 3. The van der Waals surface area contributed by atoms with Gasteiger partial charge in [-0.1, -0.05) is 29.8 Å². The van der Waals surface area contributed by atoms with Gasteiger partial charge in [0.2, 0.25) is 0 Å². The van der Waals surface area contributed by atoms with Crippen molar-refractivity contribution in [1.29, 1.82) is 0 Å². The molecule has 122 valence electrons. The molecular formula is C18H17ClN4O. The Labute approximate surface area is 145 Å². The van der Waals surface area contributed by atoms with Gasteiger partial charge >= 0.3 is 0 Å². The average molecular weight is 341 g/mol. The molecule has 0 radical (unpaired) electrons. The van der Waals surface area contributed by atoms with Gasteiger partial charge in [0.1, 0.15) is 0 Å². The van der Waals surface area contributed by atoms with Gasteiger partial charge in [0.15, 0.2) is 0 Å². The summed E-state index contributed by atoms with van der Waals surface area (Å²) in [7, 11) is 0. The number of aryl methyl sites for hydroxylation is 1. The van der Waals surface area contributed by atoms with E-state index in [4.69, 9.17) is 17.3 Å². The van der Waals surface area contributed by atoms with Crippen LogP contribution < -0.4 is 5.73 Å². The predicted molar refractivity (Wildman–Crippen MR) is 94.3 cm³/mol. The van der Waals surface area contributed by atoms with Gasteiger partial charge in [-0.2, -0.15) is 0 Å². The van der Waals surface area contributed by atoms with E-state index < -0.39 is 0 Å². The van der Waals surface area contributed by atoms with Crippen molar-refractivity contribution in [2.24, 2.45) is 5.73 Å². The lowest BCUT2D eigenvalue weighted by molar-refractivity contribution is 0.277. The topological polar surface area (TPSA) is 84.9 Å². The molecule has 0 amide bonds. The third-order valence-electron chi connectivity index (χ3n) is 3.71. The molecule has 6 heteroatoms. The predicted octanol–water partition coefficient (Wildman–Crippen LogP) is 3.12. The van der Waals surface area contributed by atoms with Gasteiger partial charge in [-0.05, 0) is 24.6 Å². The first-order valence-corrected chi connectivity index (χ1v) is 7.89. The number of aliphatic hydroxyl groups excluding tert-OH is 1. The lowest BCUT2D eigenvalue weighted by atomic mass is 10.0. The number of halogens is 1. The molecule has 0 spiro atoms. The Bertz CT molecular complexity index is 883. The minimum atomic E-state index is -0.212. The Morgan fingerprint density at radius 3 is 2.62 bits per heavy atom. The fourth-order valence-electron chi connectivity index (χ4n) is 2.56. The zero-order chi connectivity index (χ0) is 17.1. The van der Waals surface area contributed by atoms with Crippen molar-refractivity contribution < 1.29 is 5.11 Å². The number of hydrogen-bond acceptors (Lipinski definition) is 5. The van der Waals surface area contributed by atoms with E-state index >= 15 is 0 Å². The second kappa shape index (κ2) is 7.05. The van der Waals surface area contributed by atoms with Crippen LogP contribution in [0.25, 0.3) is 22.5 Å². The highest BCUT2D eigenvalue weighted by molar-refractivity contribution is 6.30. The maximum atomic E-state index is 9.75. The lowest BCUT2D eigenvalue weighted by Gasteiger charge is -2.12. The normalized spacial score (nSPS) is 10.8. The highest BCUT2D eigenvalue weighted by atomic mass is 35.5. The SMILES string of the molecule is Cc1nc(-c2cccc(CN)c2)c(CO)nc1-c1cncc(Cl)c1. The molecule has 2 heterocycles. The number of aliphatic hydroxyl groups is 1. The average Bonchev–Trinajstić information content (AvgIpc) is 2.61. The smallest absolute Gasteiger partial charge is 0.0945 e. The Kier molecular flexibility index (Phi) is 4.85. The van der Waals surface area contributed by atoms with Gasteiger partial charge in [-0.25, -0.2) is 9.97 Å². The van der Waals surface area contributed by atoms with Crippen LogP contribution in [0.15, 0.2) is 42.7 Å². The van der Waals surface area contributed by atoms with Crippen LogP contribution >= 0.6 is 11.6 Å². The first kappa shape index (κ1) is 16.5. The van der Waals surface area contributed by atoms with Crippen LogP contribution in [0, 0.1) is 6.92 Å². The minimum absolute atomic E-state index is 0.212. The zero-order valence-corrected chi connectivity index (χ0v) is 14.0. The Morgan fingerprint density at radius 1 is 1.08 bits per heavy atom. The lowest BCUT2D eigenvalue weighted by Crippen LogP contribution is -2.04. The van der Waals surface area contributed by atoms with E-state index in [-0.39, 0.29) is 6.61 Å². The molecule has 3 N–H and O–H groups in total. The summed E-state index contributed by atoms with van der Waals surface area (Å²) < 4.78 is 0. The molecular weight excluding hydrogens is 324 g/mol. The molecule has 3 rings (SSSR count). The second-order valence-electron chi connectivity index (χ2n) is 5.41. The summed E-state index contributed by atoms with van der Waals surface area (Å²) in [6, 6.07) is 9.55. The van der Waals surface area contributed by atoms with Crippen molar-refractivity contribution in [1.82, 2.24) is 15.0 Å². The molecule has 0 aliphatic heterocycles. The fraction of sp³-hybridized carbons (Fsp3) is 0.167. The van der Waals surface area contributed by atoms with Gasteiger partial charge < -0.3 is 10.8 Å². The monoisotopic (exact) mass is 340 g/mol. The number of rotatable bonds is 4. The maximum absolute atomic E-state index is 9.75. The van der Waals surface area contributed by atoms with E-state index in [1.807, 2.05) is 31.2 Å². The summed E-state index contributed by atoms with van der Waals surface area (Å²) in [5, 5.41) is 10.3. The first-order chi connectivity index (χ1) is 11.6. The summed E-state index contributed by atoms with van der Waals surface area (Å²) in [5.41, 5.74) is 10.9. The third-order valence-corrected chi connectivity index (χ3v) is 3.91. The molecule has 2 aromatic heterocycles. The summed E-state index contributed by atoms with van der Waals surface area (Å²) in [6.07, 6.45) is 3.24. The fourth-order valence-corrected chi connectivity index (χ4v) is 2.73. The van der Waals surface area contributed by atoms with Gasteiger partial charge in [0, 0.05) is 30.1 Å². The Hall–Kier alpha value is -2.34. The quantitative estimate of drug-likeness (QED) is 0.762. The molecule has 24 heavy (non-hydrogen) atoms. The van der Waals surface area contributed by atoms with E-state index in [1.165, 1.54) is 0 Å². The van der Waals surface area contributed by atoms with Gasteiger partial charge in [0.05, 0.1) is 34.4 Å². The van der Waals surface area contributed by atoms with Crippen LogP contribution in [-0.2, 0) is 13.2 Å². The largest absolute Gasteiger partial charge is 0.390 e. The number of nitrogens with two attached hydrogens (primary N) is 1. The van der Waals surface area contributed by atoms with Gasteiger partial charge in [-0.3, -0.25) is 4.98 Å². The van der Waals surface area contributed by atoms with Crippen LogP contribution in [0.5, 0.6) is 0 Å². The van der Waals surface area contributed by atoms with Crippen molar-refractivity contribution in [2.45, 2.75) is 20.1 Å². The van der Waals surface area contributed by atoms with E-state index in [9.17, 15) is 5.11 Å². The van der Waals surface area contributed by atoms with Crippen molar-refractivity contribution in [3.8, 4) is 22.5 Å². The van der Waals surface area contributed by atoms with Crippen molar-refractivity contribution in [3.63, 3.8) is 0 Å². The van der Waals surface area contributed by atoms with Crippen LogP contribution in [0.1, 0.15) is 17.0 Å². The van der Waals surface area contributed by atoms with Gasteiger partial charge in [-0.15, -0.1) is 0 Å². The number of nitrogens with zero attached hydrogens (tertiary/aromatic N) is 3. The van der Waals surface area contributed by atoms with Crippen molar-refractivity contribution >= 4 is 11.6 Å². The van der Waals surface area contributed by atoms with E-state index in [0.29, 0.717) is 28.6 Å². The van der Waals surface area contributed by atoms with E-state index in [2.05, 4.69) is 15.0 Å². The number of hydrogen-bond donors (Lipinski definition) is 2. The maximum Gasteiger partial charge on any atom is 0.0945 e. The standard InChI is InChI=1S/C18H17ClN4O/c1-11-17(14-6-15(19)9-21-8-14)23-16(10-24)18(22-11)13-4-2-3-12(5-13)7-20/h2-6,8-9,24H,7,10,20H2,1H3. The summed E-state index contributed by atoms with van der Waals surface area (Å²) in [6.45, 7) is 2.11. The molecule has 5 nitrogen and oxygen atoms in total. The minimum Gasteiger partial charge on any atom is -0.390 e. The Morgan fingerprint density at radius 2 is 1.92 bits per heavy atom. The second-order valence-corrected chi connectivity index (χ2v) is 5.84. The first-order valence-electron chi connectivity index (χ1n) is 7.51. The van der Waals surface area contributed by atoms with Crippen LogP contribution in [0.4, 0.5) is 0 Å². The molecule has 0 aliphatic carbocycles. The van der Waals surface area contributed by atoms with E-state index in [0.717, 1.165) is 22.4 Å². The number of pyridine rings is 1. The molecule has 1 aromatic carbocycles. The Balaban J connectivity index is 2.14. The van der Waals surface area contributed by atoms with E-state index in [1.54, 1.807) is 18.5 Å². The zero-order valence-electron chi connectivity index (χ0n) is 13.2. The molecule has 0 atom stereocenters. The highest BCUT2D eigenvalue weighted by Gasteiger charge is 2.14. The van der Waals surface area contributed by atoms with Crippen LogP contribution in [-0.4, -0.2) is 20.1 Å². The molecule has 0 unspecified atom stereocenters. The molecule has 0 saturated heterocycles. The van der Waals surface area contributed by atoms with Crippen molar-refractivity contribution in [2.75, 3.05) is 0 Å². The molecule has 0 aliphatic rings. The molecule has 0 saturated carbocycles. The molecule has 3 aromatic rings. The number of benzene rings is 1. The van der Waals surface area contributed by atoms with Gasteiger partial charge in [0.25, 0.3) is 0 Å². The summed E-state index contributed by atoms with van der Waals surface area (Å²) >= 11 is 6.01. The third kappa shape index (κ3) is 3.28. The highest BCUT2D eigenvalue weighted by Crippen LogP contribution is 2.28. The summed E-state index contributed by atoms with van der Waals surface area (Å²) in [4.78, 5) is 13.3.